The van der Waals surface area contributed by atoms with Crippen molar-refractivity contribution in [3.8, 4) is 17.3 Å². The normalized spacial score (nSPS) is 20.3. The minimum atomic E-state index is 0.0476. The van der Waals surface area contributed by atoms with E-state index < -0.39 is 0 Å². The molecule has 5 heterocycles. The summed E-state index contributed by atoms with van der Waals surface area (Å²) in [5.41, 5.74) is 4.21. The Labute approximate surface area is 198 Å². The molecule has 0 radical (unpaired) electrons. The van der Waals surface area contributed by atoms with Gasteiger partial charge in [-0.2, -0.15) is 0 Å². The third-order valence-corrected chi connectivity index (χ3v) is 7.57. The summed E-state index contributed by atoms with van der Waals surface area (Å²) in [5, 5.41) is 4.64. The van der Waals surface area contributed by atoms with Crippen LogP contribution < -0.4 is 10.1 Å². The smallest absolute Gasteiger partial charge is 0.254 e. The van der Waals surface area contributed by atoms with Gasteiger partial charge in [0.2, 0.25) is 0 Å². The highest BCUT2D eigenvalue weighted by atomic mass is 16.5. The van der Waals surface area contributed by atoms with E-state index in [1.165, 1.54) is 6.42 Å². The number of rotatable bonds is 4. The van der Waals surface area contributed by atoms with Crippen LogP contribution in [0.25, 0.3) is 33.6 Å². The minimum Gasteiger partial charge on any atom is -0.494 e. The molecule has 0 saturated carbocycles. The highest BCUT2D eigenvalue weighted by Crippen LogP contribution is 2.34. The summed E-state index contributed by atoms with van der Waals surface area (Å²) in [6.07, 6.45) is 4.09. The molecule has 2 aliphatic rings. The molecule has 0 unspecified atom stereocenters. The van der Waals surface area contributed by atoms with Crippen molar-refractivity contribution < 1.29 is 9.53 Å². The number of methoxy groups -OCH3 is 1. The van der Waals surface area contributed by atoms with Crippen LogP contribution in [0, 0.1) is 5.92 Å². The number of piperidine rings is 1. The van der Waals surface area contributed by atoms with Crippen LogP contribution in [0.15, 0.2) is 36.5 Å². The Hall–Kier alpha value is -3.39. The third kappa shape index (κ3) is 3.20. The van der Waals surface area contributed by atoms with Crippen LogP contribution in [0.5, 0.6) is 5.75 Å². The lowest BCUT2D eigenvalue weighted by Crippen LogP contribution is -2.48. The first-order valence-corrected chi connectivity index (χ1v) is 12.1. The summed E-state index contributed by atoms with van der Waals surface area (Å²) in [7, 11) is 3.65. The summed E-state index contributed by atoms with van der Waals surface area (Å²) >= 11 is 0. The Morgan fingerprint density at radius 3 is 2.97 bits per heavy atom. The van der Waals surface area contributed by atoms with Crippen LogP contribution in [-0.4, -0.2) is 62.7 Å². The number of likely N-dealkylation sites (tertiary alicyclic amines) is 1. The molecule has 6 rings (SSSR count). The Balaban J connectivity index is 1.43. The number of fused-ring (bicyclic) bond motifs is 3. The lowest BCUT2D eigenvalue weighted by molar-refractivity contribution is 0.0669. The monoisotopic (exact) mass is 458 g/mol. The third-order valence-electron chi connectivity index (χ3n) is 7.57. The van der Waals surface area contributed by atoms with Crippen LogP contribution in [-0.2, 0) is 13.6 Å². The maximum atomic E-state index is 13.5. The van der Waals surface area contributed by atoms with Gasteiger partial charge in [-0.25, -0.2) is 9.97 Å². The Kier molecular flexibility index (Phi) is 5.06. The second-order valence-electron chi connectivity index (χ2n) is 9.38. The molecule has 3 aromatic heterocycles. The predicted octanol–water partition coefficient (Wildman–Crippen LogP) is 3.44. The van der Waals surface area contributed by atoms with Crippen LogP contribution >= 0.6 is 0 Å². The number of hydrogen-bond acceptors (Lipinski definition) is 5. The van der Waals surface area contributed by atoms with E-state index in [4.69, 9.17) is 9.72 Å². The standard InChI is InChI=1S/C26H30N6O2/c1-4-32-21(13-17-6-5-9-28-24(17)32)25-29-19-12-18(14-22(34-3)23(19)30(25)2)26(33)31-11-8-16-7-10-27-20(16)15-31/h5-6,9,12-14,16,20,27H,4,7-8,10-11,15H2,1-3H3/t16-,20+/m0/s1. The molecule has 34 heavy (non-hydrogen) atoms. The van der Waals surface area contributed by atoms with E-state index >= 15 is 0 Å². The van der Waals surface area contributed by atoms with Gasteiger partial charge in [-0.1, -0.05) is 0 Å². The minimum absolute atomic E-state index is 0.0476. The summed E-state index contributed by atoms with van der Waals surface area (Å²) in [6, 6.07) is 10.3. The number of ether oxygens (including phenoxy) is 1. The van der Waals surface area contributed by atoms with E-state index in [0.29, 0.717) is 23.3 Å². The molecule has 2 aliphatic heterocycles. The van der Waals surface area contributed by atoms with Crippen LogP contribution in [0.3, 0.4) is 0 Å². The zero-order valence-corrected chi connectivity index (χ0v) is 19.9. The fourth-order valence-electron chi connectivity index (χ4n) is 5.81. The molecular weight excluding hydrogens is 428 g/mol. The SMILES string of the molecule is CCn1c(-c2nc3cc(C(=O)N4CC[C@@H]5CCN[C@@H]5C4)cc(OC)c3n2C)cc2cccnc21. The van der Waals surface area contributed by atoms with Crippen LogP contribution in [0.1, 0.15) is 30.1 Å². The Bertz CT molecular complexity index is 1400. The molecule has 1 N–H and O–H groups in total. The predicted molar refractivity (Wildman–Crippen MR) is 132 cm³/mol. The molecule has 2 fully saturated rings. The molecule has 0 bridgehead atoms. The zero-order chi connectivity index (χ0) is 23.4. The zero-order valence-electron chi connectivity index (χ0n) is 19.9. The number of imidazole rings is 1. The molecule has 176 valence electrons. The van der Waals surface area contributed by atoms with E-state index in [1.807, 2.05) is 36.3 Å². The molecule has 8 nitrogen and oxygen atoms in total. The molecule has 0 aliphatic carbocycles. The molecule has 1 aromatic carbocycles. The quantitative estimate of drug-likeness (QED) is 0.507. The summed E-state index contributed by atoms with van der Waals surface area (Å²) < 4.78 is 9.98. The van der Waals surface area contributed by atoms with Gasteiger partial charge < -0.3 is 24.1 Å². The van der Waals surface area contributed by atoms with Gasteiger partial charge in [-0.3, -0.25) is 4.79 Å². The maximum Gasteiger partial charge on any atom is 0.254 e. The van der Waals surface area contributed by atoms with Gasteiger partial charge in [0.25, 0.3) is 5.91 Å². The number of carbonyl (C=O) groups excluding carboxylic acids is 1. The van der Waals surface area contributed by atoms with Gasteiger partial charge in [0, 0.05) is 49.9 Å². The number of aromatic nitrogens is 4. The molecule has 0 spiro atoms. The maximum absolute atomic E-state index is 13.5. The van der Waals surface area contributed by atoms with Gasteiger partial charge in [0.05, 0.1) is 18.3 Å². The first-order chi connectivity index (χ1) is 16.6. The number of carbonyl (C=O) groups is 1. The van der Waals surface area contributed by atoms with Crippen molar-refractivity contribution in [2.75, 3.05) is 26.7 Å². The summed E-state index contributed by atoms with van der Waals surface area (Å²) in [5.74, 6) is 2.23. The molecule has 4 aromatic rings. The fourth-order valence-corrected chi connectivity index (χ4v) is 5.81. The van der Waals surface area contributed by atoms with Crippen molar-refractivity contribution >= 4 is 28.0 Å². The van der Waals surface area contributed by atoms with Gasteiger partial charge in [-0.05, 0) is 62.6 Å². The van der Waals surface area contributed by atoms with Gasteiger partial charge >= 0.3 is 0 Å². The van der Waals surface area contributed by atoms with E-state index in [-0.39, 0.29) is 5.91 Å². The molecular formula is C26H30N6O2. The Morgan fingerprint density at radius 2 is 2.15 bits per heavy atom. The van der Waals surface area contributed by atoms with Crippen LogP contribution in [0.2, 0.25) is 0 Å². The van der Waals surface area contributed by atoms with Crippen molar-refractivity contribution in [1.82, 2.24) is 29.3 Å². The summed E-state index contributed by atoms with van der Waals surface area (Å²) in [4.78, 5) is 25.0. The van der Waals surface area contributed by atoms with E-state index in [2.05, 4.69) is 38.5 Å². The van der Waals surface area contributed by atoms with Gasteiger partial charge in [0.1, 0.15) is 16.9 Å². The first kappa shape index (κ1) is 21.2. The van der Waals surface area contributed by atoms with Crippen molar-refractivity contribution in [3.05, 3.63) is 42.1 Å². The lowest BCUT2D eigenvalue weighted by Gasteiger charge is -2.35. The van der Waals surface area contributed by atoms with Crippen molar-refractivity contribution in [3.63, 3.8) is 0 Å². The van der Waals surface area contributed by atoms with Gasteiger partial charge in [0.15, 0.2) is 5.82 Å². The average molecular weight is 459 g/mol. The molecule has 1 amide bonds. The second-order valence-corrected chi connectivity index (χ2v) is 9.38. The van der Waals surface area contributed by atoms with Crippen molar-refractivity contribution in [1.29, 1.82) is 0 Å². The second kappa shape index (κ2) is 8.13. The fraction of sp³-hybridized carbons (Fsp3) is 0.423. The molecule has 8 heteroatoms. The number of pyridine rings is 1. The van der Waals surface area contributed by atoms with Crippen molar-refractivity contribution in [2.45, 2.75) is 32.4 Å². The largest absolute Gasteiger partial charge is 0.494 e. The topological polar surface area (TPSA) is 77.2 Å². The molecule has 2 atom stereocenters. The first-order valence-electron chi connectivity index (χ1n) is 12.1. The summed E-state index contributed by atoms with van der Waals surface area (Å²) in [6.45, 7) is 5.52. The van der Waals surface area contributed by atoms with Gasteiger partial charge in [-0.15, -0.1) is 0 Å². The van der Waals surface area contributed by atoms with Crippen LogP contribution in [0.4, 0.5) is 0 Å². The number of hydrogen-bond donors (Lipinski definition) is 1. The number of aryl methyl sites for hydroxylation is 2. The van der Waals surface area contributed by atoms with Crippen molar-refractivity contribution in [2.24, 2.45) is 13.0 Å². The number of benzene rings is 1. The number of nitrogens with one attached hydrogen (secondary N) is 1. The molecule has 2 saturated heterocycles. The number of amides is 1. The highest BCUT2D eigenvalue weighted by Gasteiger charge is 2.35. The van der Waals surface area contributed by atoms with E-state index in [0.717, 1.165) is 66.2 Å². The average Bonchev–Trinajstić information content (AvgIpc) is 3.57. The lowest BCUT2D eigenvalue weighted by atomic mass is 9.92. The number of nitrogens with zero attached hydrogens (tertiary/aromatic N) is 5. The van der Waals surface area contributed by atoms with E-state index in [1.54, 1.807) is 7.11 Å². The van der Waals surface area contributed by atoms with E-state index in [9.17, 15) is 4.79 Å². The highest BCUT2D eigenvalue weighted by molar-refractivity contribution is 6.00. The Morgan fingerprint density at radius 1 is 1.26 bits per heavy atom.